The van der Waals surface area contributed by atoms with Crippen LogP contribution < -0.4 is 5.56 Å². The number of halogens is 1. The number of aromatic nitrogens is 1. The zero-order chi connectivity index (χ0) is 16.3. The van der Waals surface area contributed by atoms with Gasteiger partial charge in [-0.25, -0.2) is 4.39 Å². The quantitative estimate of drug-likeness (QED) is 0.680. The van der Waals surface area contributed by atoms with Gasteiger partial charge in [0.05, 0.1) is 23.8 Å². The van der Waals surface area contributed by atoms with Crippen molar-refractivity contribution in [2.45, 2.75) is 12.6 Å². The molecule has 0 amide bonds. The third-order valence-electron chi connectivity index (χ3n) is 3.01. The first-order valence-electron chi connectivity index (χ1n) is 6.15. The zero-order valence-electron chi connectivity index (χ0n) is 11.1. The number of benzene rings is 1. The molecule has 0 aliphatic carbocycles. The summed E-state index contributed by atoms with van der Waals surface area (Å²) in [6.45, 7) is -0.335. The molecule has 2 aromatic rings. The van der Waals surface area contributed by atoms with Crippen LogP contribution in [0.2, 0.25) is 0 Å². The van der Waals surface area contributed by atoms with Crippen LogP contribution in [0.5, 0.6) is 0 Å². The van der Waals surface area contributed by atoms with Crippen molar-refractivity contribution in [2.75, 3.05) is 0 Å². The van der Waals surface area contributed by atoms with E-state index in [1.807, 2.05) is 0 Å². The fraction of sp³-hybridized carbons (Fsp3) is 0.143. The van der Waals surface area contributed by atoms with E-state index in [1.54, 1.807) is 6.07 Å². The molecule has 0 aliphatic rings. The van der Waals surface area contributed by atoms with Crippen molar-refractivity contribution in [1.29, 1.82) is 5.26 Å². The largest absolute Gasteiger partial charge is 0.387 e. The van der Waals surface area contributed by atoms with Crippen LogP contribution in [0, 0.1) is 27.3 Å². The van der Waals surface area contributed by atoms with Gasteiger partial charge in [0.25, 0.3) is 11.2 Å². The summed E-state index contributed by atoms with van der Waals surface area (Å²) in [4.78, 5) is 22.0. The van der Waals surface area contributed by atoms with E-state index < -0.39 is 33.7 Å². The van der Waals surface area contributed by atoms with Crippen LogP contribution in [0.25, 0.3) is 0 Å². The Morgan fingerprint density at radius 3 is 2.77 bits per heavy atom. The molecule has 0 fully saturated rings. The van der Waals surface area contributed by atoms with E-state index in [4.69, 9.17) is 5.26 Å². The molecule has 7 nitrogen and oxygen atoms in total. The van der Waals surface area contributed by atoms with Gasteiger partial charge in [0.15, 0.2) is 0 Å². The Balaban J connectivity index is 2.41. The monoisotopic (exact) mass is 303 g/mol. The number of nitriles is 1. The number of nitro groups is 1. The number of aliphatic hydroxyl groups is 1. The minimum absolute atomic E-state index is 0.219. The van der Waals surface area contributed by atoms with Crippen LogP contribution in [0.3, 0.4) is 0 Å². The molecule has 22 heavy (non-hydrogen) atoms. The Hall–Kier alpha value is -3.05. The number of hydrogen-bond acceptors (Lipinski definition) is 5. The molecule has 112 valence electrons. The first-order chi connectivity index (χ1) is 10.4. The molecule has 1 atom stereocenters. The third kappa shape index (κ3) is 3.16. The highest BCUT2D eigenvalue weighted by atomic mass is 19.1. The Labute approximate surface area is 123 Å². The molecule has 1 unspecified atom stereocenters. The summed E-state index contributed by atoms with van der Waals surface area (Å²) < 4.78 is 14.0. The molecule has 1 heterocycles. The molecule has 8 heteroatoms. The first-order valence-corrected chi connectivity index (χ1v) is 6.15. The van der Waals surface area contributed by atoms with Gasteiger partial charge in [-0.1, -0.05) is 12.1 Å². The Morgan fingerprint density at radius 1 is 1.45 bits per heavy atom. The number of aliphatic hydroxyl groups excluding tert-OH is 1. The highest BCUT2D eigenvalue weighted by molar-refractivity contribution is 5.37. The second-order valence-electron chi connectivity index (χ2n) is 4.51. The molecule has 0 saturated heterocycles. The van der Waals surface area contributed by atoms with Gasteiger partial charge < -0.3 is 9.67 Å². The molecular formula is C14H10FN3O4. The SMILES string of the molecule is N#Cc1cc([N+](=O)[O-])cn(CC(O)c2cccc(F)c2)c1=O. The Morgan fingerprint density at radius 2 is 2.18 bits per heavy atom. The number of nitrogens with zero attached hydrogens (tertiary/aromatic N) is 3. The molecule has 0 radical (unpaired) electrons. The molecule has 1 aromatic carbocycles. The second-order valence-corrected chi connectivity index (χ2v) is 4.51. The average Bonchev–Trinajstić information content (AvgIpc) is 2.49. The summed E-state index contributed by atoms with van der Waals surface area (Å²) in [5, 5.41) is 29.7. The van der Waals surface area contributed by atoms with Gasteiger partial charge in [-0.3, -0.25) is 14.9 Å². The van der Waals surface area contributed by atoms with Gasteiger partial charge in [-0.15, -0.1) is 0 Å². The lowest BCUT2D eigenvalue weighted by Crippen LogP contribution is -2.25. The van der Waals surface area contributed by atoms with E-state index in [0.29, 0.717) is 0 Å². The van der Waals surface area contributed by atoms with Crippen LogP contribution in [0.4, 0.5) is 10.1 Å². The van der Waals surface area contributed by atoms with Crippen LogP contribution in [-0.4, -0.2) is 14.6 Å². The molecule has 0 spiro atoms. The van der Waals surface area contributed by atoms with Crippen molar-refractivity contribution >= 4 is 5.69 Å². The number of rotatable bonds is 4. The predicted octanol–water partition coefficient (Wildman–Crippen LogP) is 1.50. The van der Waals surface area contributed by atoms with E-state index in [0.717, 1.165) is 22.9 Å². The molecule has 1 aromatic heterocycles. The van der Waals surface area contributed by atoms with Gasteiger partial charge in [0, 0.05) is 6.07 Å². The van der Waals surface area contributed by atoms with Crippen molar-refractivity contribution in [1.82, 2.24) is 4.57 Å². The van der Waals surface area contributed by atoms with E-state index in [2.05, 4.69) is 0 Å². The fourth-order valence-corrected chi connectivity index (χ4v) is 1.94. The van der Waals surface area contributed by atoms with Gasteiger partial charge in [-0.2, -0.15) is 5.26 Å². The van der Waals surface area contributed by atoms with Crippen molar-refractivity contribution < 1.29 is 14.4 Å². The van der Waals surface area contributed by atoms with Crippen molar-refractivity contribution in [3.63, 3.8) is 0 Å². The topological polar surface area (TPSA) is 109 Å². The summed E-state index contributed by atoms with van der Waals surface area (Å²) in [5.74, 6) is -0.555. The molecule has 0 bridgehead atoms. The van der Waals surface area contributed by atoms with Crippen LogP contribution in [0.15, 0.2) is 41.3 Å². The minimum Gasteiger partial charge on any atom is -0.387 e. The van der Waals surface area contributed by atoms with Gasteiger partial charge in [0.1, 0.15) is 17.4 Å². The van der Waals surface area contributed by atoms with Gasteiger partial charge >= 0.3 is 0 Å². The summed E-state index contributed by atoms with van der Waals surface area (Å²) in [7, 11) is 0. The highest BCUT2D eigenvalue weighted by Crippen LogP contribution is 2.17. The lowest BCUT2D eigenvalue weighted by Gasteiger charge is -2.13. The Bertz CT molecular complexity index is 826. The molecule has 2 rings (SSSR count). The maximum Gasteiger partial charge on any atom is 0.287 e. The minimum atomic E-state index is -1.25. The maximum absolute atomic E-state index is 13.1. The summed E-state index contributed by atoms with van der Waals surface area (Å²) in [6.07, 6.45) is -0.312. The van der Waals surface area contributed by atoms with E-state index >= 15 is 0 Å². The summed E-state index contributed by atoms with van der Waals surface area (Å²) in [5.41, 5.74) is -1.39. The van der Waals surface area contributed by atoms with Crippen molar-refractivity contribution in [3.05, 3.63) is 73.9 Å². The molecule has 0 saturated carbocycles. The lowest BCUT2D eigenvalue weighted by atomic mass is 10.1. The first kappa shape index (κ1) is 15.3. The smallest absolute Gasteiger partial charge is 0.287 e. The average molecular weight is 303 g/mol. The number of hydrogen-bond donors (Lipinski definition) is 1. The number of pyridine rings is 1. The Kier molecular flexibility index (Phi) is 4.29. The van der Waals surface area contributed by atoms with Crippen LogP contribution in [-0.2, 0) is 6.54 Å². The predicted molar refractivity (Wildman–Crippen MR) is 73.4 cm³/mol. The van der Waals surface area contributed by atoms with Crippen LogP contribution in [0.1, 0.15) is 17.2 Å². The van der Waals surface area contributed by atoms with Crippen molar-refractivity contribution in [3.8, 4) is 6.07 Å². The zero-order valence-corrected chi connectivity index (χ0v) is 11.1. The van der Waals surface area contributed by atoms with Crippen LogP contribution >= 0.6 is 0 Å². The second kappa shape index (κ2) is 6.15. The van der Waals surface area contributed by atoms with Crippen molar-refractivity contribution in [2.24, 2.45) is 0 Å². The lowest BCUT2D eigenvalue weighted by molar-refractivity contribution is -0.385. The molecule has 0 aliphatic heterocycles. The summed E-state index contributed by atoms with van der Waals surface area (Å²) in [6, 6.07) is 7.59. The maximum atomic E-state index is 13.1. The van der Waals surface area contributed by atoms with Gasteiger partial charge in [-0.05, 0) is 17.7 Å². The molecular weight excluding hydrogens is 293 g/mol. The van der Waals surface area contributed by atoms with E-state index in [-0.39, 0.29) is 12.1 Å². The van der Waals surface area contributed by atoms with E-state index in [9.17, 15) is 24.4 Å². The normalized spacial score (nSPS) is 11.7. The summed E-state index contributed by atoms with van der Waals surface area (Å²) >= 11 is 0. The third-order valence-corrected chi connectivity index (χ3v) is 3.01. The standard InChI is InChI=1S/C14H10FN3O4/c15-11-3-1-2-9(4-11)13(19)8-17-7-12(18(21)22)5-10(6-16)14(17)20/h1-5,7,13,19H,8H2. The van der Waals surface area contributed by atoms with Gasteiger partial charge in [0.2, 0.25) is 0 Å². The van der Waals surface area contributed by atoms with E-state index in [1.165, 1.54) is 18.2 Å². The fourth-order valence-electron chi connectivity index (χ4n) is 1.94. The highest BCUT2D eigenvalue weighted by Gasteiger charge is 2.17. The molecule has 1 N–H and O–H groups in total.